The van der Waals surface area contributed by atoms with Gasteiger partial charge in [-0.15, -0.1) is 0 Å². The van der Waals surface area contributed by atoms with Crippen LogP contribution in [0.5, 0.6) is 0 Å². The van der Waals surface area contributed by atoms with Gasteiger partial charge in [0.1, 0.15) is 0 Å². The lowest BCUT2D eigenvalue weighted by Gasteiger charge is -2.12. The maximum Gasteiger partial charge on any atom is 0.257 e. The van der Waals surface area contributed by atoms with E-state index in [-0.39, 0.29) is 17.9 Å². The fraction of sp³-hybridized carbons (Fsp3) is 0.533. The Morgan fingerprint density at radius 3 is 2.80 bits per heavy atom. The van der Waals surface area contributed by atoms with E-state index < -0.39 is 0 Å². The molecule has 0 aliphatic carbocycles. The summed E-state index contributed by atoms with van der Waals surface area (Å²) < 4.78 is 5.17. The molecule has 108 valence electrons. The van der Waals surface area contributed by atoms with Gasteiger partial charge in [0.2, 0.25) is 0 Å². The quantitative estimate of drug-likeness (QED) is 0.909. The van der Waals surface area contributed by atoms with E-state index in [9.17, 15) is 4.79 Å². The average molecular weight is 275 g/mol. The normalized spacial score (nSPS) is 12.8. The number of aromatic nitrogens is 2. The third-order valence-corrected chi connectivity index (χ3v) is 3.27. The summed E-state index contributed by atoms with van der Waals surface area (Å²) in [4.78, 5) is 16.3. The van der Waals surface area contributed by atoms with Crippen molar-refractivity contribution in [3.05, 3.63) is 23.5 Å². The highest BCUT2D eigenvalue weighted by Gasteiger charge is 2.16. The SMILES string of the molecule is CCC[C@H](C)NC(=O)c1cnc2onc(C(C)C)c2c1. The minimum Gasteiger partial charge on any atom is -0.350 e. The molecule has 20 heavy (non-hydrogen) atoms. The lowest BCUT2D eigenvalue weighted by atomic mass is 10.1. The second kappa shape index (κ2) is 6.03. The van der Waals surface area contributed by atoms with E-state index in [4.69, 9.17) is 4.52 Å². The van der Waals surface area contributed by atoms with Crippen LogP contribution in [-0.2, 0) is 0 Å². The summed E-state index contributed by atoms with van der Waals surface area (Å²) >= 11 is 0. The fourth-order valence-corrected chi connectivity index (χ4v) is 2.20. The molecule has 1 N–H and O–H groups in total. The first-order chi connectivity index (χ1) is 9.52. The maximum absolute atomic E-state index is 12.2. The van der Waals surface area contributed by atoms with Crippen molar-refractivity contribution < 1.29 is 9.32 Å². The summed E-state index contributed by atoms with van der Waals surface area (Å²) in [5.41, 5.74) is 1.86. The molecule has 5 nitrogen and oxygen atoms in total. The van der Waals surface area contributed by atoms with Crippen molar-refractivity contribution in [1.82, 2.24) is 15.5 Å². The molecule has 0 aromatic carbocycles. The molecule has 0 aliphatic rings. The van der Waals surface area contributed by atoms with Gasteiger partial charge < -0.3 is 9.84 Å². The van der Waals surface area contributed by atoms with Crippen LogP contribution in [-0.4, -0.2) is 22.1 Å². The second-order valence-corrected chi connectivity index (χ2v) is 5.46. The monoisotopic (exact) mass is 275 g/mol. The van der Waals surface area contributed by atoms with E-state index >= 15 is 0 Å². The number of nitrogens with zero attached hydrogens (tertiary/aromatic N) is 2. The first-order valence-electron chi connectivity index (χ1n) is 7.09. The molecule has 0 bridgehead atoms. The molecule has 2 aromatic heterocycles. The Morgan fingerprint density at radius 1 is 1.40 bits per heavy atom. The molecule has 0 saturated carbocycles. The number of pyridine rings is 1. The van der Waals surface area contributed by atoms with Gasteiger partial charge in [0.15, 0.2) is 0 Å². The van der Waals surface area contributed by atoms with Gasteiger partial charge in [-0.25, -0.2) is 4.98 Å². The fourth-order valence-electron chi connectivity index (χ4n) is 2.20. The third-order valence-electron chi connectivity index (χ3n) is 3.27. The Hall–Kier alpha value is -1.91. The van der Waals surface area contributed by atoms with Crippen molar-refractivity contribution >= 4 is 17.0 Å². The highest BCUT2D eigenvalue weighted by molar-refractivity contribution is 5.97. The lowest BCUT2D eigenvalue weighted by molar-refractivity contribution is 0.0938. The molecule has 1 amide bonds. The van der Waals surface area contributed by atoms with Gasteiger partial charge in [0, 0.05) is 12.2 Å². The van der Waals surface area contributed by atoms with E-state index in [0.717, 1.165) is 23.9 Å². The topological polar surface area (TPSA) is 68.0 Å². The van der Waals surface area contributed by atoms with Gasteiger partial charge in [-0.1, -0.05) is 32.3 Å². The van der Waals surface area contributed by atoms with Crippen molar-refractivity contribution in [1.29, 1.82) is 0 Å². The van der Waals surface area contributed by atoms with Crippen LogP contribution in [0.4, 0.5) is 0 Å². The van der Waals surface area contributed by atoms with Gasteiger partial charge in [-0.3, -0.25) is 4.79 Å². The minimum atomic E-state index is -0.101. The average Bonchev–Trinajstić information content (AvgIpc) is 2.81. The smallest absolute Gasteiger partial charge is 0.257 e. The van der Waals surface area contributed by atoms with E-state index in [0.29, 0.717) is 11.3 Å². The molecule has 0 radical (unpaired) electrons. The zero-order valence-electron chi connectivity index (χ0n) is 12.4. The first-order valence-corrected chi connectivity index (χ1v) is 7.09. The van der Waals surface area contributed by atoms with Gasteiger partial charge in [0.05, 0.1) is 16.6 Å². The van der Waals surface area contributed by atoms with Crippen LogP contribution < -0.4 is 5.32 Å². The number of nitrogens with one attached hydrogen (secondary N) is 1. The summed E-state index contributed by atoms with van der Waals surface area (Å²) in [6.07, 6.45) is 3.54. The highest BCUT2D eigenvalue weighted by Crippen LogP contribution is 2.24. The second-order valence-electron chi connectivity index (χ2n) is 5.46. The van der Waals surface area contributed by atoms with Crippen LogP contribution in [0.1, 0.15) is 62.5 Å². The summed E-state index contributed by atoms with van der Waals surface area (Å²) in [6, 6.07) is 1.97. The number of carbonyl (C=O) groups excluding carboxylic acids is 1. The molecular formula is C15H21N3O2. The number of hydrogen-bond donors (Lipinski definition) is 1. The van der Waals surface area contributed by atoms with Crippen LogP contribution in [0, 0.1) is 0 Å². The molecule has 5 heteroatoms. The summed E-state index contributed by atoms with van der Waals surface area (Å²) in [5.74, 6) is 0.131. The number of fused-ring (bicyclic) bond motifs is 1. The van der Waals surface area contributed by atoms with Crippen LogP contribution in [0.15, 0.2) is 16.8 Å². The Labute approximate surface area is 118 Å². The number of rotatable bonds is 5. The number of hydrogen-bond acceptors (Lipinski definition) is 4. The largest absolute Gasteiger partial charge is 0.350 e. The predicted octanol–water partition coefficient (Wildman–Crippen LogP) is 3.26. The van der Waals surface area contributed by atoms with Crippen LogP contribution in [0.25, 0.3) is 11.1 Å². The van der Waals surface area contributed by atoms with Crippen molar-refractivity contribution in [2.75, 3.05) is 0 Å². The van der Waals surface area contributed by atoms with E-state index in [1.165, 1.54) is 6.20 Å². The molecular weight excluding hydrogens is 254 g/mol. The highest BCUT2D eigenvalue weighted by atomic mass is 16.5. The summed E-state index contributed by atoms with van der Waals surface area (Å²) in [6.45, 7) is 8.18. The van der Waals surface area contributed by atoms with Gasteiger partial charge in [-0.2, -0.15) is 0 Å². The minimum absolute atomic E-state index is 0.101. The van der Waals surface area contributed by atoms with Crippen LogP contribution >= 0.6 is 0 Å². The van der Waals surface area contributed by atoms with Gasteiger partial charge in [-0.05, 0) is 25.3 Å². The molecule has 0 unspecified atom stereocenters. The molecule has 0 aliphatic heterocycles. The van der Waals surface area contributed by atoms with Gasteiger partial charge >= 0.3 is 0 Å². The third kappa shape index (κ3) is 2.98. The number of amides is 1. The maximum atomic E-state index is 12.2. The zero-order valence-corrected chi connectivity index (χ0v) is 12.4. The molecule has 0 saturated heterocycles. The summed E-state index contributed by atoms with van der Waals surface area (Å²) in [5, 5.41) is 7.80. The molecule has 1 atom stereocenters. The molecule has 2 aromatic rings. The van der Waals surface area contributed by atoms with Crippen LogP contribution in [0.3, 0.4) is 0 Å². The van der Waals surface area contributed by atoms with E-state index in [1.54, 1.807) is 0 Å². The first kappa shape index (κ1) is 14.5. The zero-order chi connectivity index (χ0) is 14.7. The van der Waals surface area contributed by atoms with Crippen molar-refractivity contribution in [2.45, 2.75) is 52.5 Å². The lowest BCUT2D eigenvalue weighted by Crippen LogP contribution is -2.32. The van der Waals surface area contributed by atoms with Crippen molar-refractivity contribution in [2.24, 2.45) is 0 Å². The molecule has 2 rings (SSSR count). The Kier molecular flexibility index (Phi) is 4.37. The van der Waals surface area contributed by atoms with E-state index in [1.807, 2.05) is 26.8 Å². The number of carbonyl (C=O) groups is 1. The molecule has 2 heterocycles. The van der Waals surface area contributed by atoms with Crippen molar-refractivity contribution in [3.63, 3.8) is 0 Å². The standard InChI is InChI=1S/C15H21N3O2/c1-5-6-10(4)17-14(19)11-7-12-13(9(2)3)18-20-15(12)16-8-11/h7-10H,5-6H2,1-4H3,(H,17,19)/t10-/m0/s1. The Morgan fingerprint density at radius 2 is 2.15 bits per heavy atom. The van der Waals surface area contributed by atoms with E-state index in [2.05, 4.69) is 22.4 Å². The molecule has 0 spiro atoms. The Balaban J connectivity index is 2.26. The Bertz CT molecular complexity index is 604. The predicted molar refractivity (Wildman–Crippen MR) is 77.7 cm³/mol. The summed E-state index contributed by atoms with van der Waals surface area (Å²) in [7, 11) is 0. The van der Waals surface area contributed by atoms with Gasteiger partial charge in [0.25, 0.3) is 11.6 Å². The van der Waals surface area contributed by atoms with Crippen molar-refractivity contribution in [3.8, 4) is 0 Å². The van der Waals surface area contributed by atoms with Crippen LogP contribution in [0.2, 0.25) is 0 Å². The molecule has 0 fully saturated rings.